The lowest BCUT2D eigenvalue weighted by atomic mass is 10.0. The van der Waals surface area contributed by atoms with Crippen LogP contribution in [0.2, 0.25) is 0 Å². The first-order chi connectivity index (χ1) is 11.8. The van der Waals surface area contributed by atoms with Gasteiger partial charge in [0.1, 0.15) is 23.2 Å². The van der Waals surface area contributed by atoms with E-state index in [0.717, 1.165) is 5.39 Å². The second-order valence-electron chi connectivity index (χ2n) is 6.31. The van der Waals surface area contributed by atoms with Gasteiger partial charge in [0.15, 0.2) is 0 Å². The van der Waals surface area contributed by atoms with Gasteiger partial charge in [0.2, 0.25) is 0 Å². The Hall–Kier alpha value is -2.70. The standard InChI is InChI=1S/C18H24N2O5/c1-10(2)8-12(18(22)23)19-17(21)13-9-11-14(24-4)6-7-15(25-5)16(11)20(13)3/h6-7,9-10,12H,8H2,1-5H3,(H,19,21)(H,22,23)/t12-/m0/s1. The van der Waals surface area contributed by atoms with Gasteiger partial charge in [-0.1, -0.05) is 13.8 Å². The van der Waals surface area contributed by atoms with E-state index in [-0.39, 0.29) is 5.92 Å². The van der Waals surface area contributed by atoms with Gasteiger partial charge in [0, 0.05) is 12.4 Å². The predicted octanol–water partition coefficient (Wildman–Crippen LogP) is 2.42. The molecule has 1 aromatic carbocycles. The number of aliphatic carboxylic acids is 1. The third kappa shape index (κ3) is 3.70. The second kappa shape index (κ2) is 7.46. The molecule has 0 aliphatic carbocycles. The Balaban J connectivity index is 2.45. The van der Waals surface area contributed by atoms with E-state index in [1.807, 2.05) is 13.8 Å². The molecule has 7 heteroatoms. The number of carbonyl (C=O) groups excluding carboxylic acids is 1. The molecule has 2 rings (SSSR count). The van der Waals surface area contributed by atoms with Crippen molar-refractivity contribution in [3.05, 3.63) is 23.9 Å². The largest absolute Gasteiger partial charge is 0.496 e. The Kier molecular flexibility index (Phi) is 5.56. The Morgan fingerprint density at radius 1 is 1.20 bits per heavy atom. The highest BCUT2D eigenvalue weighted by atomic mass is 16.5. The molecule has 2 N–H and O–H groups in total. The molecule has 7 nitrogen and oxygen atoms in total. The molecule has 0 bridgehead atoms. The molecular formula is C18H24N2O5. The summed E-state index contributed by atoms with van der Waals surface area (Å²) in [5.74, 6) is -0.127. The van der Waals surface area contributed by atoms with Gasteiger partial charge in [-0.3, -0.25) is 4.79 Å². The zero-order chi connectivity index (χ0) is 18.7. The number of nitrogens with zero attached hydrogens (tertiary/aromatic N) is 1. The lowest BCUT2D eigenvalue weighted by Gasteiger charge is -2.16. The highest BCUT2D eigenvalue weighted by Crippen LogP contribution is 2.35. The molecule has 0 aliphatic rings. The molecule has 0 saturated carbocycles. The van der Waals surface area contributed by atoms with Gasteiger partial charge in [-0.2, -0.15) is 0 Å². The zero-order valence-corrected chi connectivity index (χ0v) is 15.1. The van der Waals surface area contributed by atoms with Gasteiger partial charge in [-0.05, 0) is 30.5 Å². The summed E-state index contributed by atoms with van der Waals surface area (Å²) in [6.07, 6.45) is 0.359. The summed E-state index contributed by atoms with van der Waals surface area (Å²) >= 11 is 0. The van der Waals surface area contributed by atoms with Crippen LogP contribution in [0.1, 0.15) is 30.8 Å². The predicted molar refractivity (Wildman–Crippen MR) is 94.4 cm³/mol. The van der Waals surface area contributed by atoms with Crippen LogP contribution in [-0.2, 0) is 11.8 Å². The number of rotatable bonds is 7. The number of carboxylic acid groups (broad SMARTS) is 1. The molecule has 25 heavy (non-hydrogen) atoms. The van der Waals surface area contributed by atoms with E-state index in [4.69, 9.17) is 9.47 Å². The topological polar surface area (TPSA) is 89.8 Å². The molecular weight excluding hydrogens is 324 g/mol. The van der Waals surface area contributed by atoms with Crippen molar-refractivity contribution in [3.63, 3.8) is 0 Å². The van der Waals surface area contributed by atoms with E-state index < -0.39 is 17.9 Å². The van der Waals surface area contributed by atoms with Gasteiger partial charge in [0.25, 0.3) is 5.91 Å². The summed E-state index contributed by atoms with van der Waals surface area (Å²) in [5.41, 5.74) is 1.05. The Morgan fingerprint density at radius 2 is 1.80 bits per heavy atom. The molecule has 136 valence electrons. The van der Waals surface area contributed by atoms with Gasteiger partial charge in [0.05, 0.1) is 19.7 Å². The molecule has 0 spiro atoms. The van der Waals surface area contributed by atoms with E-state index in [1.54, 1.807) is 44.0 Å². The van der Waals surface area contributed by atoms with Crippen molar-refractivity contribution in [3.8, 4) is 11.5 Å². The number of benzene rings is 1. The molecule has 0 unspecified atom stereocenters. The molecule has 1 amide bonds. The van der Waals surface area contributed by atoms with Crippen molar-refractivity contribution < 1.29 is 24.2 Å². The fourth-order valence-electron chi connectivity index (χ4n) is 2.89. The van der Waals surface area contributed by atoms with Crippen LogP contribution < -0.4 is 14.8 Å². The minimum Gasteiger partial charge on any atom is -0.496 e. The zero-order valence-electron chi connectivity index (χ0n) is 15.1. The van der Waals surface area contributed by atoms with Crippen molar-refractivity contribution >= 4 is 22.8 Å². The summed E-state index contributed by atoms with van der Waals surface area (Å²) in [7, 11) is 4.84. The summed E-state index contributed by atoms with van der Waals surface area (Å²) in [4.78, 5) is 24.1. The highest BCUT2D eigenvalue weighted by Gasteiger charge is 2.25. The fraction of sp³-hybridized carbons (Fsp3) is 0.444. The Bertz CT molecular complexity index is 794. The molecule has 1 heterocycles. The van der Waals surface area contributed by atoms with Crippen molar-refractivity contribution in [1.29, 1.82) is 0 Å². The average Bonchev–Trinajstić information content (AvgIpc) is 2.91. The first kappa shape index (κ1) is 18.6. The smallest absolute Gasteiger partial charge is 0.326 e. The van der Waals surface area contributed by atoms with Crippen LogP contribution in [0, 0.1) is 5.92 Å². The van der Waals surface area contributed by atoms with Gasteiger partial charge in [-0.15, -0.1) is 0 Å². The van der Waals surface area contributed by atoms with Gasteiger partial charge >= 0.3 is 5.97 Å². The third-order valence-corrected chi connectivity index (χ3v) is 4.10. The van der Waals surface area contributed by atoms with Crippen molar-refractivity contribution in [2.75, 3.05) is 14.2 Å². The normalized spacial score (nSPS) is 12.2. The number of methoxy groups -OCH3 is 2. The average molecular weight is 348 g/mol. The van der Waals surface area contributed by atoms with Crippen molar-refractivity contribution in [1.82, 2.24) is 9.88 Å². The number of carbonyl (C=O) groups is 2. The maximum absolute atomic E-state index is 12.7. The van der Waals surface area contributed by atoms with E-state index in [0.29, 0.717) is 29.1 Å². The van der Waals surface area contributed by atoms with Gasteiger partial charge < -0.3 is 24.5 Å². The Labute approximate surface area is 146 Å². The van der Waals surface area contributed by atoms with E-state index in [9.17, 15) is 14.7 Å². The van der Waals surface area contributed by atoms with Crippen LogP contribution in [0.4, 0.5) is 0 Å². The Morgan fingerprint density at radius 3 is 2.32 bits per heavy atom. The van der Waals surface area contributed by atoms with Crippen molar-refractivity contribution in [2.45, 2.75) is 26.3 Å². The number of aromatic nitrogens is 1. The van der Waals surface area contributed by atoms with Gasteiger partial charge in [-0.25, -0.2) is 4.79 Å². The molecule has 0 saturated heterocycles. The number of fused-ring (bicyclic) bond motifs is 1. The van der Waals surface area contributed by atoms with Crippen molar-refractivity contribution in [2.24, 2.45) is 13.0 Å². The number of hydrogen-bond acceptors (Lipinski definition) is 4. The fourth-order valence-corrected chi connectivity index (χ4v) is 2.89. The SMILES string of the molecule is COc1ccc(OC)c2c1cc(C(=O)N[C@@H](CC(C)C)C(=O)O)n2C. The molecule has 0 fully saturated rings. The number of aryl methyl sites for hydroxylation is 1. The summed E-state index contributed by atoms with van der Waals surface area (Å²) in [5, 5.41) is 12.7. The monoisotopic (exact) mass is 348 g/mol. The van der Waals surface area contributed by atoms with Crippen LogP contribution in [0.15, 0.2) is 18.2 Å². The first-order valence-corrected chi connectivity index (χ1v) is 8.04. The lowest BCUT2D eigenvalue weighted by molar-refractivity contribution is -0.139. The van der Waals surface area contributed by atoms with E-state index in [2.05, 4.69) is 5.32 Å². The van der Waals surface area contributed by atoms with Crippen LogP contribution in [0.25, 0.3) is 10.9 Å². The lowest BCUT2D eigenvalue weighted by Crippen LogP contribution is -2.42. The van der Waals surface area contributed by atoms with Crippen LogP contribution in [0.3, 0.4) is 0 Å². The van der Waals surface area contributed by atoms with Crippen LogP contribution >= 0.6 is 0 Å². The maximum atomic E-state index is 12.7. The summed E-state index contributed by atoms with van der Waals surface area (Å²) in [6, 6.07) is 4.28. The number of ether oxygens (including phenoxy) is 2. The maximum Gasteiger partial charge on any atom is 0.326 e. The molecule has 1 aromatic heterocycles. The minimum atomic E-state index is -1.05. The number of nitrogens with one attached hydrogen (secondary N) is 1. The molecule has 0 radical (unpaired) electrons. The number of hydrogen-bond donors (Lipinski definition) is 2. The van der Waals surface area contributed by atoms with Crippen LogP contribution in [0.5, 0.6) is 11.5 Å². The van der Waals surface area contributed by atoms with E-state index >= 15 is 0 Å². The van der Waals surface area contributed by atoms with E-state index in [1.165, 1.54) is 0 Å². The van der Waals surface area contributed by atoms with Crippen LogP contribution in [-0.4, -0.2) is 41.8 Å². The minimum absolute atomic E-state index is 0.147. The summed E-state index contributed by atoms with van der Waals surface area (Å²) < 4.78 is 12.4. The molecule has 0 aliphatic heterocycles. The quantitative estimate of drug-likeness (QED) is 0.802. The second-order valence-corrected chi connectivity index (χ2v) is 6.31. The third-order valence-electron chi connectivity index (χ3n) is 4.10. The highest BCUT2D eigenvalue weighted by molar-refractivity contribution is 6.03. The first-order valence-electron chi connectivity index (χ1n) is 8.04. The molecule has 2 aromatic rings. The molecule has 1 atom stereocenters. The summed E-state index contributed by atoms with van der Waals surface area (Å²) in [6.45, 7) is 3.82. The number of carboxylic acids is 1. The number of amides is 1.